The van der Waals surface area contributed by atoms with E-state index in [4.69, 9.17) is 0 Å². The van der Waals surface area contributed by atoms with Crippen LogP contribution in [0.2, 0.25) is 0 Å². The molecule has 0 amide bonds. The van der Waals surface area contributed by atoms with Gasteiger partial charge in [0.2, 0.25) is 0 Å². The number of hydrogen-bond acceptors (Lipinski definition) is 3. The third-order valence-corrected chi connectivity index (χ3v) is 4.61. The Bertz CT molecular complexity index is 504. The van der Waals surface area contributed by atoms with Crippen molar-refractivity contribution in [2.75, 3.05) is 20.1 Å². The van der Waals surface area contributed by atoms with E-state index in [0.717, 1.165) is 30.8 Å². The zero-order valence-corrected chi connectivity index (χ0v) is 13.2. The van der Waals surface area contributed by atoms with Crippen LogP contribution in [-0.4, -0.2) is 52.9 Å². The van der Waals surface area contributed by atoms with Gasteiger partial charge in [-0.15, -0.1) is 0 Å². The quantitative estimate of drug-likeness (QED) is 0.629. The Morgan fingerprint density at radius 1 is 1.43 bits per heavy atom. The van der Waals surface area contributed by atoms with E-state index in [0.29, 0.717) is 12.0 Å². The van der Waals surface area contributed by atoms with Crippen LogP contribution in [0.1, 0.15) is 25.5 Å². The maximum Gasteiger partial charge on any atom is 0.191 e. The second-order valence-corrected chi connectivity index (χ2v) is 6.29. The highest BCUT2D eigenvalue weighted by molar-refractivity contribution is 5.80. The molecule has 1 saturated carbocycles. The molecule has 1 aromatic heterocycles. The highest BCUT2D eigenvalue weighted by Crippen LogP contribution is 2.31. The summed E-state index contributed by atoms with van der Waals surface area (Å²) in [6.07, 6.45) is 4.58. The maximum atomic E-state index is 4.35. The minimum Gasteiger partial charge on any atom is -0.352 e. The summed E-state index contributed by atoms with van der Waals surface area (Å²) in [7, 11) is 3.79. The molecule has 2 aliphatic rings. The van der Waals surface area contributed by atoms with Gasteiger partial charge >= 0.3 is 0 Å². The Morgan fingerprint density at radius 3 is 2.86 bits per heavy atom. The van der Waals surface area contributed by atoms with E-state index in [9.17, 15) is 0 Å². The van der Waals surface area contributed by atoms with Crippen LogP contribution in [0.5, 0.6) is 0 Å². The summed E-state index contributed by atoms with van der Waals surface area (Å²) in [5, 5.41) is 11.1. The number of aliphatic imine (C=N–C) groups is 1. The predicted molar refractivity (Wildman–Crippen MR) is 84.1 cm³/mol. The lowest BCUT2D eigenvalue weighted by Crippen LogP contribution is -2.46. The third-order valence-electron chi connectivity index (χ3n) is 4.61. The number of aryl methyl sites for hydroxylation is 1. The first kappa shape index (κ1) is 14.4. The van der Waals surface area contributed by atoms with Gasteiger partial charge in [0.05, 0.1) is 12.2 Å². The smallest absolute Gasteiger partial charge is 0.191 e. The summed E-state index contributed by atoms with van der Waals surface area (Å²) in [5.74, 6) is 1.55. The number of guanidine groups is 1. The van der Waals surface area contributed by atoms with Gasteiger partial charge in [0.15, 0.2) is 5.96 Å². The van der Waals surface area contributed by atoms with Crippen molar-refractivity contribution in [1.29, 1.82) is 0 Å². The van der Waals surface area contributed by atoms with Crippen LogP contribution in [0.25, 0.3) is 0 Å². The molecule has 0 spiro atoms. The highest BCUT2D eigenvalue weighted by Gasteiger charge is 2.38. The molecule has 21 heavy (non-hydrogen) atoms. The first-order chi connectivity index (χ1) is 10.2. The third kappa shape index (κ3) is 3.37. The molecule has 2 heterocycles. The molecule has 6 nitrogen and oxygen atoms in total. The summed E-state index contributed by atoms with van der Waals surface area (Å²) in [5.41, 5.74) is 1.15. The van der Waals surface area contributed by atoms with Crippen molar-refractivity contribution in [2.45, 2.75) is 38.4 Å². The standard InChI is InChI=1S/C15H26N6/c1-11-9-21(12-4-5-12)10-14(11)19-15(16-2)17-8-13-6-7-18-20(13)3/h6-7,11-12,14H,4-5,8-10H2,1-3H3,(H2,16,17,19). The summed E-state index contributed by atoms with van der Waals surface area (Å²) in [6, 6.07) is 3.36. The molecule has 3 rings (SSSR count). The average molecular weight is 290 g/mol. The van der Waals surface area contributed by atoms with E-state index in [-0.39, 0.29) is 0 Å². The molecular weight excluding hydrogens is 264 g/mol. The van der Waals surface area contributed by atoms with Crippen LogP contribution in [0.15, 0.2) is 17.3 Å². The van der Waals surface area contributed by atoms with E-state index in [1.54, 1.807) is 0 Å². The number of likely N-dealkylation sites (tertiary alicyclic amines) is 1. The molecule has 1 aliphatic heterocycles. The average Bonchev–Trinajstić information content (AvgIpc) is 3.15. The van der Waals surface area contributed by atoms with Gasteiger partial charge in [-0.2, -0.15) is 5.10 Å². The zero-order valence-electron chi connectivity index (χ0n) is 13.2. The predicted octanol–water partition coefficient (Wildman–Crippen LogP) is 0.568. The molecule has 2 unspecified atom stereocenters. The number of hydrogen-bond donors (Lipinski definition) is 2. The van der Waals surface area contributed by atoms with E-state index in [1.807, 2.05) is 31.0 Å². The maximum absolute atomic E-state index is 4.35. The molecule has 1 aromatic rings. The Kier molecular flexibility index (Phi) is 4.14. The highest BCUT2D eigenvalue weighted by atomic mass is 15.3. The van der Waals surface area contributed by atoms with E-state index < -0.39 is 0 Å². The lowest BCUT2D eigenvalue weighted by atomic mass is 10.1. The van der Waals surface area contributed by atoms with E-state index >= 15 is 0 Å². The topological polar surface area (TPSA) is 57.5 Å². The monoisotopic (exact) mass is 290 g/mol. The molecule has 2 fully saturated rings. The molecule has 0 radical (unpaired) electrons. The van der Waals surface area contributed by atoms with Crippen molar-refractivity contribution in [3.05, 3.63) is 18.0 Å². The van der Waals surface area contributed by atoms with Gasteiger partial charge in [0.1, 0.15) is 0 Å². The fourth-order valence-electron chi connectivity index (χ4n) is 3.05. The Hall–Kier alpha value is -1.56. The number of nitrogens with one attached hydrogen (secondary N) is 2. The minimum atomic E-state index is 0.489. The largest absolute Gasteiger partial charge is 0.352 e. The van der Waals surface area contributed by atoms with Crippen molar-refractivity contribution in [1.82, 2.24) is 25.3 Å². The van der Waals surface area contributed by atoms with Crippen molar-refractivity contribution in [2.24, 2.45) is 18.0 Å². The SMILES string of the molecule is CN=C(NCc1ccnn1C)NC1CN(C2CC2)CC1C. The van der Waals surface area contributed by atoms with Crippen LogP contribution in [0.3, 0.4) is 0 Å². The minimum absolute atomic E-state index is 0.489. The molecule has 1 saturated heterocycles. The van der Waals surface area contributed by atoms with Gasteiger partial charge in [-0.1, -0.05) is 6.92 Å². The second-order valence-electron chi connectivity index (χ2n) is 6.29. The number of nitrogens with zero attached hydrogens (tertiary/aromatic N) is 4. The van der Waals surface area contributed by atoms with Gasteiger partial charge in [-0.25, -0.2) is 0 Å². The first-order valence-corrected chi connectivity index (χ1v) is 7.85. The Labute approximate surface area is 126 Å². The molecule has 2 atom stereocenters. The van der Waals surface area contributed by atoms with Gasteiger partial charge in [0, 0.05) is 45.5 Å². The Balaban J connectivity index is 1.51. The molecule has 2 N–H and O–H groups in total. The van der Waals surface area contributed by atoms with E-state index in [2.05, 4.69) is 32.5 Å². The van der Waals surface area contributed by atoms with Crippen molar-refractivity contribution in [3.63, 3.8) is 0 Å². The van der Waals surface area contributed by atoms with Gasteiger partial charge in [-0.3, -0.25) is 14.6 Å². The van der Waals surface area contributed by atoms with Crippen LogP contribution < -0.4 is 10.6 Å². The molecule has 0 bridgehead atoms. The van der Waals surface area contributed by atoms with Gasteiger partial charge in [-0.05, 0) is 24.8 Å². The molecule has 0 aromatic carbocycles. The molecule has 116 valence electrons. The van der Waals surface area contributed by atoms with Crippen LogP contribution >= 0.6 is 0 Å². The summed E-state index contributed by atoms with van der Waals surface area (Å²) in [4.78, 5) is 6.97. The Morgan fingerprint density at radius 2 is 2.24 bits per heavy atom. The fourth-order valence-corrected chi connectivity index (χ4v) is 3.05. The molecule has 6 heteroatoms. The molecule has 1 aliphatic carbocycles. The van der Waals surface area contributed by atoms with Crippen molar-refractivity contribution in [3.8, 4) is 0 Å². The molecular formula is C15H26N6. The van der Waals surface area contributed by atoms with Crippen LogP contribution in [0.4, 0.5) is 0 Å². The normalized spacial score (nSPS) is 27.1. The summed E-state index contributed by atoms with van der Waals surface area (Å²) < 4.78 is 1.88. The van der Waals surface area contributed by atoms with Crippen molar-refractivity contribution < 1.29 is 0 Å². The van der Waals surface area contributed by atoms with Gasteiger partial charge < -0.3 is 10.6 Å². The van der Waals surface area contributed by atoms with E-state index in [1.165, 1.54) is 19.4 Å². The number of rotatable bonds is 4. The zero-order chi connectivity index (χ0) is 14.8. The van der Waals surface area contributed by atoms with Crippen LogP contribution in [-0.2, 0) is 13.6 Å². The summed E-state index contributed by atoms with van der Waals surface area (Å²) >= 11 is 0. The van der Waals surface area contributed by atoms with Crippen LogP contribution in [0, 0.1) is 5.92 Å². The van der Waals surface area contributed by atoms with Gasteiger partial charge in [0.25, 0.3) is 0 Å². The first-order valence-electron chi connectivity index (χ1n) is 7.85. The van der Waals surface area contributed by atoms with Crippen molar-refractivity contribution >= 4 is 5.96 Å². The lowest BCUT2D eigenvalue weighted by molar-refractivity contribution is 0.315. The fraction of sp³-hybridized carbons (Fsp3) is 0.733. The number of aromatic nitrogens is 2. The lowest BCUT2D eigenvalue weighted by Gasteiger charge is -2.20. The second kappa shape index (κ2) is 6.05. The summed E-state index contributed by atoms with van der Waals surface area (Å²) in [6.45, 7) is 5.41.